The highest BCUT2D eigenvalue weighted by atomic mass is 16.5. The minimum absolute atomic E-state index is 0.176. The van der Waals surface area contributed by atoms with Gasteiger partial charge in [-0.2, -0.15) is 0 Å². The maximum absolute atomic E-state index is 11.7. The highest BCUT2D eigenvalue weighted by Crippen LogP contribution is 1.98. The van der Waals surface area contributed by atoms with Gasteiger partial charge in [0.1, 0.15) is 6.04 Å². The van der Waals surface area contributed by atoms with Gasteiger partial charge in [-0.1, -0.05) is 0 Å². The maximum Gasteiger partial charge on any atom is 0.305 e. The Hall–Kier alpha value is -1.59. The molecule has 0 saturated carbocycles. The first-order valence-electron chi connectivity index (χ1n) is 5.47. The molecule has 0 radical (unpaired) electrons. The number of amides is 2. The van der Waals surface area contributed by atoms with Gasteiger partial charge < -0.3 is 15.0 Å². The summed E-state index contributed by atoms with van der Waals surface area (Å²) in [6.45, 7) is 3.44. The third-order valence-electron chi connectivity index (χ3n) is 2.27. The number of likely N-dealkylation sites (N-methyl/N-ethyl adjacent to an activating group) is 1. The van der Waals surface area contributed by atoms with E-state index in [1.165, 1.54) is 18.9 Å². The van der Waals surface area contributed by atoms with E-state index in [-0.39, 0.29) is 24.2 Å². The minimum atomic E-state index is -0.546. The molecule has 0 rings (SSSR count). The Balaban J connectivity index is 3.96. The van der Waals surface area contributed by atoms with Gasteiger partial charge in [0.05, 0.1) is 7.11 Å². The van der Waals surface area contributed by atoms with Crippen LogP contribution < -0.4 is 5.32 Å². The Morgan fingerprint density at radius 2 is 1.94 bits per heavy atom. The standard InChI is InChI=1S/C11H20N2O4/c1-8(12-9(2)14)11(16)13(3)7-5-6-10(15)17-4/h8H,5-7H2,1-4H3,(H,12,14). The van der Waals surface area contributed by atoms with Crippen molar-refractivity contribution >= 4 is 17.8 Å². The first-order valence-corrected chi connectivity index (χ1v) is 5.47. The maximum atomic E-state index is 11.7. The number of nitrogens with zero attached hydrogens (tertiary/aromatic N) is 1. The zero-order chi connectivity index (χ0) is 13.4. The predicted octanol–water partition coefficient (Wildman–Crippen LogP) is -0.0774. The molecule has 1 N–H and O–H groups in total. The summed E-state index contributed by atoms with van der Waals surface area (Å²) in [4.78, 5) is 34.8. The molecule has 0 spiro atoms. The second-order valence-electron chi connectivity index (χ2n) is 3.86. The van der Waals surface area contributed by atoms with Crippen LogP contribution in [0.1, 0.15) is 26.7 Å². The van der Waals surface area contributed by atoms with E-state index < -0.39 is 6.04 Å². The number of rotatable bonds is 6. The van der Waals surface area contributed by atoms with E-state index in [0.717, 1.165) is 0 Å². The average molecular weight is 244 g/mol. The van der Waals surface area contributed by atoms with Crippen LogP contribution in [0, 0.1) is 0 Å². The molecule has 6 heteroatoms. The van der Waals surface area contributed by atoms with Gasteiger partial charge >= 0.3 is 5.97 Å². The average Bonchev–Trinajstić information content (AvgIpc) is 2.26. The van der Waals surface area contributed by atoms with Crippen molar-refractivity contribution in [2.75, 3.05) is 20.7 Å². The lowest BCUT2D eigenvalue weighted by atomic mass is 10.2. The lowest BCUT2D eigenvalue weighted by Gasteiger charge is -2.21. The zero-order valence-electron chi connectivity index (χ0n) is 10.8. The Labute approximate surface area is 101 Å². The second kappa shape index (κ2) is 7.65. The van der Waals surface area contributed by atoms with Crippen LogP contribution in [0.15, 0.2) is 0 Å². The summed E-state index contributed by atoms with van der Waals surface area (Å²) >= 11 is 0. The lowest BCUT2D eigenvalue weighted by molar-refractivity contribution is -0.141. The van der Waals surface area contributed by atoms with E-state index in [0.29, 0.717) is 13.0 Å². The van der Waals surface area contributed by atoms with Crippen LogP contribution in [0.2, 0.25) is 0 Å². The first-order chi connectivity index (χ1) is 7.88. The number of carbonyl (C=O) groups excluding carboxylic acids is 3. The summed E-state index contributed by atoms with van der Waals surface area (Å²) in [7, 11) is 2.97. The molecule has 0 aromatic carbocycles. The van der Waals surface area contributed by atoms with E-state index in [2.05, 4.69) is 10.1 Å². The molecule has 0 aliphatic rings. The van der Waals surface area contributed by atoms with Crippen LogP contribution in [0.5, 0.6) is 0 Å². The quantitative estimate of drug-likeness (QED) is 0.663. The second-order valence-corrected chi connectivity index (χ2v) is 3.86. The number of nitrogens with one attached hydrogen (secondary N) is 1. The van der Waals surface area contributed by atoms with E-state index in [4.69, 9.17) is 0 Å². The predicted molar refractivity (Wildman–Crippen MR) is 62.2 cm³/mol. The van der Waals surface area contributed by atoms with Crippen molar-refractivity contribution < 1.29 is 19.1 Å². The summed E-state index contributed by atoms with van der Waals surface area (Å²) in [6, 6.07) is -0.546. The highest BCUT2D eigenvalue weighted by Gasteiger charge is 2.17. The van der Waals surface area contributed by atoms with Gasteiger partial charge in [-0.05, 0) is 13.3 Å². The SMILES string of the molecule is COC(=O)CCCN(C)C(=O)C(C)NC(C)=O. The van der Waals surface area contributed by atoms with E-state index in [9.17, 15) is 14.4 Å². The Morgan fingerprint density at radius 3 is 2.41 bits per heavy atom. The highest BCUT2D eigenvalue weighted by molar-refractivity contribution is 5.86. The van der Waals surface area contributed by atoms with Gasteiger partial charge in [-0.3, -0.25) is 14.4 Å². The minimum Gasteiger partial charge on any atom is -0.469 e. The Kier molecular flexibility index (Phi) is 6.93. The molecule has 17 heavy (non-hydrogen) atoms. The monoisotopic (exact) mass is 244 g/mol. The molecule has 0 aromatic rings. The number of carbonyl (C=O) groups is 3. The largest absolute Gasteiger partial charge is 0.469 e. The number of esters is 1. The number of hydrogen-bond donors (Lipinski definition) is 1. The molecule has 6 nitrogen and oxygen atoms in total. The summed E-state index contributed by atoms with van der Waals surface area (Å²) < 4.78 is 4.49. The van der Waals surface area contributed by atoms with Crippen LogP contribution in [-0.2, 0) is 19.1 Å². The van der Waals surface area contributed by atoms with Crippen molar-refractivity contribution in [2.45, 2.75) is 32.7 Å². The molecule has 0 heterocycles. The normalized spacial score (nSPS) is 11.5. The molecular weight excluding hydrogens is 224 g/mol. The van der Waals surface area contributed by atoms with Crippen molar-refractivity contribution in [1.29, 1.82) is 0 Å². The third-order valence-corrected chi connectivity index (χ3v) is 2.27. The summed E-state index contributed by atoms with van der Waals surface area (Å²) in [5.74, 6) is -0.709. The van der Waals surface area contributed by atoms with E-state index in [1.54, 1.807) is 14.0 Å². The van der Waals surface area contributed by atoms with Crippen molar-refractivity contribution in [3.63, 3.8) is 0 Å². The van der Waals surface area contributed by atoms with Gasteiger partial charge in [0.15, 0.2) is 0 Å². The fourth-order valence-electron chi connectivity index (χ4n) is 1.37. The number of ether oxygens (including phenoxy) is 1. The smallest absolute Gasteiger partial charge is 0.305 e. The zero-order valence-corrected chi connectivity index (χ0v) is 10.8. The lowest BCUT2D eigenvalue weighted by Crippen LogP contribution is -2.45. The van der Waals surface area contributed by atoms with E-state index in [1.807, 2.05) is 0 Å². The van der Waals surface area contributed by atoms with Gasteiger partial charge in [0, 0.05) is 26.9 Å². The molecule has 1 unspecified atom stereocenters. The van der Waals surface area contributed by atoms with Crippen LogP contribution in [0.3, 0.4) is 0 Å². The molecule has 0 fully saturated rings. The van der Waals surface area contributed by atoms with Crippen molar-refractivity contribution in [3.8, 4) is 0 Å². The van der Waals surface area contributed by atoms with Gasteiger partial charge in [0.2, 0.25) is 11.8 Å². The van der Waals surface area contributed by atoms with Crippen molar-refractivity contribution in [2.24, 2.45) is 0 Å². The van der Waals surface area contributed by atoms with Gasteiger partial charge in [-0.15, -0.1) is 0 Å². The molecular formula is C11H20N2O4. The fraction of sp³-hybridized carbons (Fsp3) is 0.727. The summed E-state index contributed by atoms with van der Waals surface area (Å²) in [6.07, 6.45) is 0.824. The molecule has 0 bridgehead atoms. The van der Waals surface area contributed by atoms with Crippen molar-refractivity contribution in [3.05, 3.63) is 0 Å². The first kappa shape index (κ1) is 15.4. The molecule has 1 atom stereocenters. The molecule has 0 aromatic heterocycles. The van der Waals surface area contributed by atoms with Crippen molar-refractivity contribution in [1.82, 2.24) is 10.2 Å². The molecule has 0 aliphatic heterocycles. The third kappa shape index (κ3) is 6.55. The van der Waals surface area contributed by atoms with Gasteiger partial charge in [-0.25, -0.2) is 0 Å². The molecule has 0 aliphatic carbocycles. The van der Waals surface area contributed by atoms with Crippen LogP contribution in [-0.4, -0.2) is 49.4 Å². The Morgan fingerprint density at radius 1 is 1.35 bits per heavy atom. The van der Waals surface area contributed by atoms with Crippen LogP contribution >= 0.6 is 0 Å². The van der Waals surface area contributed by atoms with Crippen LogP contribution in [0.25, 0.3) is 0 Å². The van der Waals surface area contributed by atoms with Crippen LogP contribution in [0.4, 0.5) is 0 Å². The fourth-order valence-corrected chi connectivity index (χ4v) is 1.37. The molecule has 2 amide bonds. The molecule has 0 saturated heterocycles. The van der Waals surface area contributed by atoms with Gasteiger partial charge in [0.25, 0.3) is 0 Å². The number of methoxy groups -OCH3 is 1. The number of hydrogen-bond acceptors (Lipinski definition) is 4. The summed E-state index contributed by atoms with van der Waals surface area (Å²) in [5, 5.41) is 2.51. The summed E-state index contributed by atoms with van der Waals surface area (Å²) in [5.41, 5.74) is 0. The molecule has 98 valence electrons. The Bertz CT molecular complexity index is 291. The topological polar surface area (TPSA) is 75.7 Å². The van der Waals surface area contributed by atoms with E-state index >= 15 is 0 Å².